The third kappa shape index (κ3) is 3.55. The minimum absolute atomic E-state index is 0.0304. The van der Waals surface area contributed by atoms with Crippen LogP contribution in [0.15, 0.2) is 30.6 Å². The summed E-state index contributed by atoms with van der Waals surface area (Å²) in [4.78, 5) is 23.2. The van der Waals surface area contributed by atoms with Gasteiger partial charge in [-0.2, -0.15) is 5.10 Å². The molecule has 0 aromatic carbocycles. The maximum atomic E-state index is 13.0. The second-order valence-electron chi connectivity index (χ2n) is 7.32. The summed E-state index contributed by atoms with van der Waals surface area (Å²) in [6, 6.07) is 6.06. The third-order valence-corrected chi connectivity index (χ3v) is 6.59. The largest absolute Gasteiger partial charge is 0.395 e. The van der Waals surface area contributed by atoms with Crippen molar-refractivity contribution < 1.29 is 9.90 Å². The molecule has 0 spiro atoms. The van der Waals surface area contributed by atoms with Crippen LogP contribution in [0.1, 0.15) is 33.3 Å². The molecule has 0 bridgehead atoms. The first-order chi connectivity index (χ1) is 13.6. The van der Waals surface area contributed by atoms with Gasteiger partial charge in [0.1, 0.15) is 4.83 Å². The number of carbonyl (C=O) groups is 1. The Morgan fingerprint density at radius 2 is 2.25 bits per heavy atom. The normalized spacial score (nSPS) is 17.5. The number of pyridine rings is 1. The molecular weight excluding hydrogens is 374 g/mol. The highest BCUT2D eigenvalue weighted by Gasteiger charge is 2.32. The maximum Gasteiger partial charge on any atom is 0.264 e. The summed E-state index contributed by atoms with van der Waals surface area (Å²) in [6.07, 6.45) is 4.62. The van der Waals surface area contributed by atoms with Gasteiger partial charge in [-0.05, 0) is 30.7 Å². The number of aromatic nitrogens is 3. The molecule has 7 nitrogen and oxygen atoms in total. The fourth-order valence-electron chi connectivity index (χ4n) is 3.94. The minimum atomic E-state index is -0.0391. The fraction of sp³-hybridized carbons (Fsp3) is 0.450. The molecule has 1 amide bonds. The predicted octanol–water partition coefficient (Wildman–Crippen LogP) is 2.08. The zero-order chi connectivity index (χ0) is 19.7. The number of thiophene rings is 1. The summed E-state index contributed by atoms with van der Waals surface area (Å²) < 4.78 is 1.91. The number of hydrogen-bond donors (Lipinski definition) is 1. The monoisotopic (exact) mass is 399 g/mol. The first-order valence-corrected chi connectivity index (χ1v) is 10.3. The van der Waals surface area contributed by atoms with E-state index in [4.69, 9.17) is 0 Å². The predicted molar refractivity (Wildman–Crippen MR) is 110 cm³/mol. The van der Waals surface area contributed by atoms with Crippen molar-refractivity contribution in [2.45, 2.75) is 18.9 Å². The van der Waals surface area contributed by atoms with Crippen LogP contribution >= 0.6 is 11.3 Å². The Kier molecular flexibility index (Phi) is 5.43. The lowest BCUT2D eigenvalue weighted by Crippen LogP contribution is -2.30. The highest BCUT2D eigenvalue weighted by atomic mass is 32.1. The molecular formula is C20H25N5O2S. The fourth-order valence-corrected chi connectivity index (χ4v) is 5.16. The molecule has 28 heavy (non-hydrogen) atoms. The van der Waals surface area contributed by atoms with Crippen molar-refractivity contribution in [2.75, 3.05) is 33.3 Å². The molecule has 1 aliphatic rings. The molecule has 0 radical (unpaired) electrons. The van der Waals surface area contributed by atoms with Crippen LogP contribution in [-0.2, 0) is 13.6 Å². The van der Waals surface area contributed by atoms with Crippen LogP contribution in [0.4, 0.5) is 0 Å². The zero-order valence-electron chi connectivity index (χ0n) is 16.2. The minimum Gasteiger partial charge on any atom is -0.395 e. The van der Waals surface area contributed by atoms with Gasteiger partial charge in [-0.15, -0.1) is 11.3 Å². The van der Waals surface area contributed by atoms with Crippen LogP contribution in [0, 0.1) is 0 Å². The second-order valence-corrected chi connectivity index (χ2v) is 8.32. The van der Waals surface area contributed by atoms with E-state index in [9.17, 15) is 9.90 Å². The quantitative estimate of drug-likeness (QED) is 0.687. The highest BCUT2D eigenvalue weighted by molar-refractivity contribution is 7.20. The van der Waals surface area contributed by atoms with Crippen LogP contribution in [0.2, 0.25) is 0 Å². The second kappa shape index (κ2) is 7.98. The van der Waals surface area contributed by atoms with Crippen LogP contribution < -0.4 is 0 Å². The Morgan fingerprint density at radius 1 is 1.39 bits per heavy atom. The van der Waals surface area contributed by atoms with Crippen molar-refractivity contribution in [1.29, 1.82) is 0 Å². The molecule has 3 aromatic heterocycles. The Labute approximate surface area is 168 Å². The number of likely N-dealkylation sites (N-methyl/N-ethyl adjacent to an activating group) is 1. The summed E-state index contributed by atoms with van der Waals surface area (Å²) in [5.74, 6) is 0.268. The first-order valence-electron chi connectivity index (χ1n) is 9.51. The number of aliphatic hydroxyl groups excluding tert-OH is 1. The van der Waals surface area contributed by atoms with Gasteiger partial charge < -0.3 is 10.0 Å². The van der Waals surface area contributed by atoms with E-state index in [0.29, 0.717) is 12.5 Å². The molecule has 1 fully saturated rings. The summed E-state index contributed by atoms with van der Waals surface area (Å²) in [6.45, 7) is 3.06. The molecule has 0 saturated carbocycles. The molecule has 1 saturated heterocycles. The van der Waals surface area contributed by atoms with Gasteiger partial charge in [-0.3, -0.25) is 14.4 Å². The number of nitrogens with zero attached hydrogens (tertiary/aromatic N) is 5. The molecule has 1 aliphatic heterocycles. The number of carbonyl (C=O) groups excluding carboxylic acids is 1. The van der Waals surface area contributed by atoms with Gasteiger partial charge in [0.25, 0.3) is 5.91 Å². The molecule has 4 rings (SSSR count). The van der Waals surface area contributed by atoms with Crippen molar-refractivity contribution in [2.24, 2.45) is 7.05 Å². The van der Waals surface area contributed by atoms with Crippen LogP contribution in [0.25, 0.3) is 10.2 Å². The van der Waals surface area contributed by atoms with Crippen LogP contribution in [0.3, 0.4) is 0 Å². The van der Waals surface area contributed by atoms with E-state index < -0.39 is 0 Å². The molecule has 1 atom stereocenters. The lowest BCUT2D eigenvalue weighted by atomic mass is 9.95. The van der Waals surface area contributed by atoms with Gasteiger partial charge in [-0.1, -0.05) is 6.07 Å². The molecule has 3 aromatic rings. The molecule has 4 heterocycles. The van der Waals surface area contributed by atoms with E-state index in [1.165, 1.54) is 17.0 Å². The number of rotatable bonds is 6. The Hall–Kier alpha value is -2.29. The first kappa shape index (κ1) is 19.0. The summed E-state index contributed by atoms with van der Waals surface area (Å²) in [7, 11) is 3.71. The highest BCUT2D eigenvalue weighted by Crippen LogP contribution is 2.40. The van der Waals surface area contributed by atoms with Crippen molar-refractivity contribution in [3.05, 3.63) is 46.7 Å². The van der Waals surface area contributed by atoms with Crippen LogP contribution in [0.5, 0.6) is 0 Å². The van der Waals surface area contributed by atoms with E-state index in [-0.39, 0.29) is 12.5 Å². The van der Waals surface area contributed by atoms with Crippen molar-refractivity contribution in [3.8, 4) is 0 Å². The van der Waals surface area contributed by atoms with E-state index in [1.54, 1.807) is 18.1 Å². The molecule has 0 aliphatic carbocycles. The molecule has 8 heteroatoms. The van der Waals surface area contributed by atoms with E-state index in [1.807, 2.05) is 24.0 Å². The summed E-state index contributed by atoms with van der Waals surface area (Å²) in [5, 5.41) is 14.6. The Morgan fingerprint density at radius 3 is 3.00 bits per heavy atom. The standard InChI is InChI=1S/C20H25N5O2S/c1-23(10-11-26)20(27)18-17(16-4-3-7-21-19(16)28-18)14-6-9-25(12-14)13-15-5-8-22-24(15)2/h3-5,7-8,14,26H,6,9-13H2,1-2H3/t14-/m0/s1. The maximum absolute atomic E-state index is 13.0. The topological polar surface area (TPSA) is 74.5 Å². The number of fused-ring (bicyclic) bond motifs is 1. The number of amides is 1. The van der Waals surface area contributed by atoms with Crippen molar-refractivity contribution in [1.82, 2.24) is 24.6 Å². The molecule has 1 N–H and O–H groups in total. The van der Waals surface area contributed by atoms with Gasteiger partial charge in [0.2, 0.25) is 0 Å². The van der Waals surface area contributed by atoms with Crippen molar-refractivity contribution in [3.63, 3.8) is 0 Å². The average Bonchev–Trinajstić information content (AvgIpc) is 3.40. The van der Waals surface area contributed by atoms with Crippen molar-refractivity contribution >= 4 is 27.5 Å². The van der Waals surface area contributed by atoms with E-state index >= 15 is 0 Å². The van der Waals surface area contributed by atoms with Gasteiger partial charge in [0.05, 0.1) is 17.2 Å². The number of aliphatic hydroxyl groups is 1. The lowest BCUT2D eigenvalue weighted by Gasteiger charge is -2.19. The third-order valence-electron chi connectivity index (χ3n) is 5.47. The van der Waals surface area contributed by atoms with E-state index in [0.717, 1.165) is 46.7 Å². The van der Waals surface area contributed by atoms with Gasteiger partial charge in [-0.25, -0.2) is 4.98 Å². The van der Waals surface area contributed by atoms with E-state index in [2.05, 4.69) is 27.1 Å². The molecule has 148 valence electrons. The summed E-state index contributed by atoms with van der Waals surface area (Å²) in [5.41, 5.74) is 2.31. The SMILES string of the molecule is CN(CCO)C(=O)c1sc2ncccc2c1[C@H]1CCN(Cc2ccnn2C)C1. The number of aryl methyl sites for hydroxylation is 1. The molecule has 0 unspecified atom stereocenters. The Bertz CT molecular complexity index is 982. The van der Waals surface area contributed by atoms with Gasteiger partial charge in [0.15, 0.2) is 0 Å². The Balaban J connectivity index is 1.63. The van der Waals surface area contributed by atoms with Gasteiger partial charge in [0, 0.05) is 57.4 Å². The smallest absolute Gasteiger partial charge is 0.264 e. The number of likely N-dealkylation sites (tertiary alicyclic amines) is 1. The average molecular weight is 400 g/mol. The zero-order valence-corrected chi connectivity index (χ0v) is 17.0. The summed E-state index contributed by atoms with van der Waals surface area (Å²) >= 11 is 1.47. The van der Waals surface area contributed by atoms with Crippen LogP contribution in [-0.4, -0.2) is 68.9 Å². The van der Waals surface area contributed by atoms with Gasteiger partial charge >= 0.3 is 0 Å². The number of hydrogen-bond acceptors (Lipinski definition) is 6. The lowest BCUT2D eigenvalue weighted by molar-refractivity contribution is 0.0770.